The monoisotopic (exact) mass is 463 g/mol. The molecule has 0 unspecified atom stereocenters. The zero-order valence-electron chi connectivity index (χ0n) is 18.4. The highest BCUT2D eigenvalue weighted by Crippen LogP contribution is 2.22. The van der Waals surface area contributed by atoms with E-state index in [1.165, 1.54) is 17.3 Å². The van der Waals surface area contributed by atoms with Gasteiger partial charge in [0, 0.05) is 44.5 Å². The number of piperazine rings is 1. The van der Waals surface area contributed by atoms with Crippen LogP contribution >= 0.6 is 0 Å². The molecule has 0 spiro atoms. The third-order valence-electron chi connectivity index (χ3n) is 5.40. The minimum atomic E-state index is -0.872. The first-order valence-electron chi connectivity index (χ1n) is 10.8. The normalized spacial score (nSPS) is 13.9. The molecule has 0 atom stereocenters. The SMILES string of the molecule is Nc1ncc(-c2ccc(OCCN3CCN(C(=O)O)CC3)cc2)nc1C(=O)Nc1cccnc1. The van der Waals surface area contributed by atoms with Gasteiger partial charge in [0.1, 0.15) is 12.4 Å². The highest BCUT2D eigenvalue weighted by molar-refractivity contribution is 6.05. The topological polar surface area (TPSA) is 147 Å². The number of hydrogen-bond acceptors (Lipinski definition) is 8. The number of hydrogen-bond donors (Lipinski definition) is 3. The fraction of sp³-hybridized carbons (Fsp3) is 0.261. The molecular formula is C23H25N7O4. The Balaban J connectivity index is 1.33. The van der Waals surface area contributed by atoms with E-state index < -0.39 is 12.0 Å². The number of nitrogen functional groups attached to an aromatic ring is 1. The molecule has 4 N–H and O–H groups in total. The summed E-state index contributed by atoms with van der Waals surface area (Å²) in [5.41, 5.74) is 7.71. The molecule has 1 aliphatic heterocycles. The number of ether oxygens (including phenoxy) is 1. The molecule has 11 nitrogen and oxygen atoms in total. The quantitative estimate of drug-likeness (QED) is 0.479. The van der Waals surface area contributed by atoms with Crippen LogP contribution in [0, 0.1) is 0 Å². The number of amides is 2. The first kappa shape index (κ1) is 22.9. The Kier molecular flexibility index (Phi) is 7.13. The number of rotatable bonds is 7. The smallest absolute Gasteiger partial charge is 0.407 e. The van der Waals surface area contributed by atoms with Crippen LogP contribution in [0.15, 0.2) is 55.0 Å². The van der Waals surface area contributed by atoms with Gasteiger partial charge in [0.15, 0.2) is 11.5 Å². The second-order valence-corrected chi connectivity index (χ2v) is 7.67. The Morgan fingerprint density at radius 2 is 1.85 bits per heavy atom. The van der Waals surface area contributed by atoms with Crippen LogP contribution in [0.2, 0.25) is 0 Å². The number of pyridine rings is 1. The number of benzene rings is 1. The predicted octanol–water partition coefficient (Wildman–Crippen LogP) is 2.05. The maximum atomic E-state index is 12.6. The Bertz CT molecular complexity index is 1130. The molecule has 0 aliphatic carbocycles. The summed E-state index contributed by atoms with van der Waals surface area (Å²) >= 11 is 0. The largest absolute Gasteiger partial charge is 0.492 e. The molecular weight excluding hydrogens is 438 g/mol. The van der Waals surface area contributed by atoms with Crippen molar-refractivity contribution in [2.75, 3.05) is 50.4 Å². The van der Waals surface area contributed by atoms with E-state index in [9.17, 15) is 9.59 Å². The zero-order chi connectivity index (χ0) is 23.9. The van der Waals surface area contributed by atoms with E-state index in [1.807, 2.05) is 24.3 Å². The highest BCUT2D eigenvalue weighted by atomic mass is 16.5. The number of aromatic nitrogens is 3. The van der Waals surface area contributed by atoms with Crippen LogP contribution in [-0.4, -0.2) is 81.2 Å². The average Bonchev–Trinajstić information content (AvgIpc) is 2.86. The second kappa shape index (κ2) is 10.6. The minimum Gasteiger partial charge on any atom is -0.492 e. The Labute approximate surface area is 196 Å². The van der Waals surface area contributed by atoms with Crippen molar-refractivity contribution in [1.82, 2.24) is 24.8 Å². The van der Waals surface area contributed by atoms with Crippen molar-refractivity contribution >= 4 is 23.5 Å². The van der Waals surface area contributed by atoms with Crippen molar-refractivity contribution in [1.29, 1.82) is 0 Å². The standard InChI is InChI=1S/C23H25N7O4/c24-21-20(22(31)27-17-2-1-7-25-14-17)28-19(15-26-21)16-3-5-18(6-4-16)34-13-12-29-8-10-30(11-9-29)23(32)33/h1-7,14-15H,8-13H2,(H2,24,26)(H,27,31)(H,32,33). The molecule has 4 rings (SSSR count). The van der Waals surface area contributed by atoms with Crippen molar-refractivity contribution in [3.8, 4) is 17.0 Å². The minimum absolute atomic E-state index is 0.0321. The second-order valence-electron chi connectivity index (χ2n) is 7.67. The molecule has 3 aromatic rings. The molecule has 3 heterocycles. The van der Waals surface area contributed by atoms with Crippen LogP contribution in [0.5, 0.6) is 5.75 Å². The maximum absolute atomic E-state index is 12.6. The first-order chi connectivity index (χ1) is 16.5. The van der Waals surface area contributed by atoms with Crippen molar-refractivity contribution < 1.29 is 19.4 Å². The third kappa shape index (κ3) is 5.75. The zero-order valence-corrected chi connectivity index (χ0v) is 18.4. The summed E-state index contributed by atoms with van der Waals surface area (Å²) in [5, 5.41) is 11.7. The molecule has 1 saturated heterocycles. The molecule has 34 heavy (non-hydrogen) atoms. The van der Waals surface area contributed by atoms with Crippen molar-refractivity contribution in [3.05, 3.63) is 60.7 Å². The number of anilines is 2. The summed E-state index contributed by atoms with van der Waals surface area (Å²) in [4.78, 5) is 39.7. The number of nitrogens with zero attached hydrogens (tertiary/aromatic N) is 5. The predicted molar refractivity (Wildman–Crippen MR) is 126 cm³/mol. The number of nitrogens with one attached hydrogen (secondary N) is 1. The lowest BCUT2D eigenvalue weighted by Gasteiger charge is -2.32. The average molecular weight is 463 g/mol. The van der Waals surface area contributed by atoms with Gasteiger partial charge in [-0.05, 0) is 36.4 Å². The lowest BCUT2D eigenvalue weighted by atomic mass is 10.1. The van der Waals surface area contributed by atoms with Gasteiger partial charge < -0.3 is 25.8 Å². The van der Waals surface area contributed by atoms with Gasteiger partial charge in [-0.1, -0.05) is 0 Å². The van der Waals surface area contributed by atoms with Crippen molar-refractivity contribution in [2.45, 2.75) is 0 Å². The molecule has 1 fully saturated rings. The maximum Gasteiger partial charge on any atom is 0.407 e. The summed E-state index contributed by atoms with van der Waals surface area (Å²) in [6, 6.07) is 10.8. The van der Waals surface area contributed by atoms with Crippen LogP contribution in [0.1, 0.15) is 10.5 Å². The first-order valence-corrected chi connectivity index (χ1v) is 10.8. The molecule has 0 radical (unpaired) electrons. The molecule has 2 amide bonds. The number of carbonyl (C=O) groups is 2. The molecule has 11 heteroatoms. The Morgan fingerprint density at radius 1 is 1.09 bits per heavy atom. The fourth-order valence-corrected chi connectivity index (χ4v) is 3.51. The van der Waals surface area contributed by atoms with Gasteiger partial charge in [-0.15, -0.1) is 0 Å². The summed E-state index contributed by atoms with van der Waals surface area (Å²) in [5.74, 6) is 0.268. The van der Waals surface area contributed by atoms with Gasteiger partial charge in [-0.3, -0.25) is 14.7 Å². The van der Waals surface area contributed by atoms with Gasteiger partial charge >= 0.3 is 6.09 Å². The van der Waals surface area contributed by atoms with Crippen molar-refractivity contribution in [3.63, 3.8) is 0 Å². The van der Waals surface area contributed by atoms with E-state index in [4.69, 9.17) is 15.6 Å². The van der Waals surface area contributed by atoms with E-state index in [2.05, 4.69) is 25.2 Å². The summed E-state index contributed by atoms with van der Waals surface area (Å²) in [6.45, 7) is 3.62. The van der Waals surface area contributed by atoms with Crippen LogP contribution in [0.25, 0.3) is 11.3 Å². The lowest BCUT2D eigenvalue weighted by Crippen LogP contribution is -2.49. The van der Waals surface area contributed by atoms with E-state index in [0.29, 0.717) is 56.5 Å². The third-order valence-corrected chi connectivity index (χ3v) is 5.40. The van der Waals surface area contributed by atoms with E-state index in [-0.39, 0.29) is 11.5 Å². The number of carbonyl (C=O) groups excluding carboxylic acids is 1. The van der Waals surface area contributed by atoms with Gasteiger partial charge in [0.2, 0.25) is 0 Å². The molecule has 0 saturated carbocycles. The lowest BCUT2D eigenvalue weighted by molar-refractivity contribution is 0.0984. The highest BCUT2D eigenvalue weighted by Gasteiger charge is 2.20. The summed E-state index contributed by atoms with van der Waals surface area (Å²) in [6.07, 6.45) is 3.78. The van der Waals surface area contributed by atoms with Crippen LogP contribution in [0.3, 0.4) is 0 Å². The number of nitrogens with two attached hydrogens (primary N) is 1. The summed E-state index contributed by atoms with van der Waals surface area (Å²) in [7, 11) is 0. The van der Waals surface area contributed by atoms with Gasteiger partial charge in [-0.25, -0.2) is 14.8 Å². The van der Waals surface area contributed by atoms with Gasteiger partial charge in [0.05, 0.1) is 23.8 Å². The van der Waals surface area contributed by atoms with Crippen LogP contribution in [-0.2, 0) is 0 Å². The van der Waals surface area contributed by atoms with Gasteiger partial charge in [-0.2, -0.15) is 0 Å². The number of carboxylic acid groups (broad SMARTS) is 1. The molecule has 176 valence electrons. The van der Waals surface area contributed by atoms with Crippen LogP contribution in [0.4, 0.5) is 16.3 Å². The fourth-order valence-electron chi connectivity index (χ4n) is 3.51. The molecule has 1 aliphatic rings. The van der Waals surface area contributed by atoms with E-state index in [1.54, 1.807) is 18.3 Å². The Morgan fingerprint density at radius 3 is 2.53 bits per heavy atom. The van der Waals surface area contributed by atoms with Crippen molar-refractivity contribution in [2.24, 2.45) is 0 Å². The van der Waals surface area contributed by atoms with Crippen LogP contribution < -0.4 is 15.8 Å². The van der Waals surface area contributed by atoms with E-state index in [0.717, 1.165) is 5.56 Å². The Hall–Kier alpha value is -4.25. The molecule has 1 aromatic carbocycles. The summed E-state index contributed by atoms with van der Waals surface area (Å²) < 4.78 is 5.82. The van der Waals surface area contributed by atoms with E-state index >= 15 is 0 Å². The molecule has 2 aromatic heterocycles. The van der Waals surface area contributed by atoms with Gasteiger partial charge in [0.25, 0.3) is 5.91 Å². The molecule has 0 bridgehead atoms.